The highest BCUT2D eigenvalue weighted by atomic mass is 16.6. The monoisotopic (exact) mass is 159 g/mol. The Morgan fingerprint density at radius 3 is 2.73 bits per heavy atom. The second-order valence-electron chi connectivity index (χ2n) is 2.15. The van der Waals surface area contributed by atoms with Gasteiger partial charge in [-0.05, 0) is 0 Å². The summed E-state index contributed by atoms with van der Waals surface area (Å²) in [5.41, 5.74) is 4.67. The summed E-state index contributed by atoms with van der Waals surface area (Å²) in [6.07, 6.45) is 0.105. The van der Waals surface area contributed by atoms with E-state index in [0.717, 1.165) is 0 Å². The summed E-state index contributed by atoms with van der Waals surface area (Å²) >= 11 is 0. The van der Waals surface area contributed by atoms with Crippen molar-refractivity contribution in [3.05, 3.63) is 0 Å². The number of ether oxygens (including phenoxy) is 1. The molecule has 4 N–H and O–H groups in total. The van der Waals surface area contributed by atoms with Gasteiger partial charge >= 0.3 is 12.1 Å². The largest absolute Gasteiger partial charge is 0.371 e. The first-order chi connectivity index (χ1) is 5.18. The lowest BCUT2D eigenvalue weighted by Gasteiger charge is -2.00. The van der Waals surface area contributed by atoms with Crippen LogP contribution in [-0.4, -0.2) is 31.3 Å². The zero-order valence-electron chi connectivity index (χ0n) is 5.79. The zero-order valence-corrected chi connectivity index (χ0v) is 5.79. The summed E-state index contributed by atoms with van der Waals surface area (Å²) < 4.78 is 4.81. The quantitative estimate of drug-likeness (QED) is 0.440. The van der Waals surface area contributed by atoms with Crippen LogP contribution in [0.25, 0.3) is 0 Å². The molecule has 6 heteroatoms. The Bertz CT molecular complexity index is 178. The molecule has 1 rings (SSSR count). The fourth-order valence-electron chi connectivity index (χ4n) is 0.549. The molecule has 0 aromatic carbocycles. The molecule has 0 aromatic rings. The van der Waals surface area contributed by atoms with E-state index in [1.165, 1.54) is 0 Å². The van der Waals surface area contributed by atoms with Crippen LogP contribution < -0.4 is 16.4 Å². The minimum absolute atomic E-state index is 0.105. The number of nitrogens with one attached hydrogen (secondary N) is 2. The van der Waals surface area contributed by atoms with Gasteiger partial charge in [0.05, 0.1) is 12.7 Å². The second kappa shape index (κ2) is 3.20. The normalized spacial score (nSPS) is 20.5. The maximum atomic E-state index is 10.6. The highest BCUT2D eigenvalue weighted by Crippen LogP contribution is 2.05. The van der Waals surface area contributed by atoms with Gasteiger partial charge in [0, 0.05) is 6.54 Å². The number of amides is 4. The Kier molecular flexibility index (Phi) is 2.27. The van der Waals surface area contributed by atoms with Crippen molar-refractivity contribution >= 4 is 12.1 Å². The number of rotatable bonds is 2. The lowest BCUT2D eigenvalue weighted by molar-refractivity contribution is 0.230. The van der Waals surface area contributed by atoms with Crippen molar-refractivity contribution in [1.29, 1.82) is 0 Å². The van der Waals surface area contributed by atoms with E-state index in [0.29, 0.717) is 13.2 Å². The molecule has 1 aliphatic rings. The number of urea groups is 2. The Morgan fingerprint density at radius 2 is 2.27 bits per heavy atom. The number of hydrogen-bond donors (Lipinski definition) is 3. The highest BCUT2D eigenvalue weighted by molar-refractivity contribution is 5.92. The van der Waals surface area contributed by atoms with E-state index in [-0.39, 0.29) is 6.10 Å². The number of primary amides is 1. The molecule has 0 saturated carbocycles. The Labute approximate surface area is 63.1 Å². The third-order valence-corrected chi connectivity index (χ3v) is 1.13. The van der Waals surface area contributed by atoms with Crippen molar-refractivity contribution in [2.24, 2.45) is 5.73 Å². The van der Waals surface area contributed by atoms with E-state index in [1.54, 1.807) is 0 Å². The molecule has 0 spiro atoms. The maximum absolute atomic E-state index is 10.6. The minimum atomic E-state index is -0.862. The van der Waals surface area contributed by atoms with Crippen molar-refractivity contribution < 1.29 is 14.3 Å². The average Bonchev–Trinajstić information content (AvgIpc) is 2.63. The van der Waals surface area contributed by atoms with Gasteiger partial charge in [-0.25, -0.2) is 9.59 Å². The van der Waals surface area contributed by atoms with Gasteiger partial charge in [-0.1, -0.05) is 0 Å². The van der Waals surface area contributed by atoms with Crippen LogP contribution in [0, 0.1) is 0 Å². The van der Waals surface area contributed by atoms with Gasteiger partial charge in [-0.3, -0.25) is 5.32 Å². The SMILES string of the molecule is NC(=O)NC(=O)NCC1CO1. The number of epoxide rings is 1. The summed E-state index contributed by atoms with van der Waals surface area (Å²) in [6, 6.07) is -1.45. The lowest BCUT2D eigenvalue weighted by Crippen LogP contribution is -2.43. The van der Waals surface area contributed by atoms with Crippen LogP contribution in [0.15, 0.2) is 0 Å². The van der Waals surface area contributed by atoms with Gasteiger partial charge in [0.25, 0.3) is 0 Å². The van der Waals surface area contributed by atoms with E-state index < -0.39 is 12.1 Å². The van der Waals surface area contributed by atoms with Crippen LogP contribution in [-0.2, 0) is 4.74 Å². The van der Waals surface area contributed by atoms with Gasteiger partial charge in [-0.2, -0.15) is 0 Å². The molecule has 1 aliphatic heterocycles. The van der Waals surface area contributed by atoms with Crippen molar-refractivity contribution in [1.82, 2.24) is 10.6 Å². The van der Waals surface area contributed by atoms with E-state index in [9.17, 15) is 9.59 Å². The van der Waals surface area contributed by atoms with Crippen molar-refractivity contribution in [2.75, 3.05) is 13.2 Å². The highest BCUT2D eigenvalue weighted by Gasteiger charge is 2.22. The van der Waals surface area contributed by atoms with E-state index in [4.69, 9.17) is 4.74 Å². The summed E-state index contributed by atoms with van der Waals surface area (Å²) in [4.78, 5) is 20.7. The molecule has 1 atom stereocenters. The van der Waals surface area contributed by atoms with Gasteiger partial charge in [0.15, 0.2) is 0 Å². The predicted molar refractivity (Wildman–Crippen MR) is 35.9 cm³/mol. The molecule has 1 saturated heterocycles. The van der Waals surface area contributed by atoms with Crippen molar-refractivity contribution in [3.8, 4) is 0 Å². The molecular weight excluding hydrogens is 150 g/mol. The summed E-state index contributed by atoms with van der Waals surface area (Å²) in [5.74, 6) is 0. The van der Waals surface area contributed by atoms with Crippen LogP contribution in [0.2, 0.25) is 0 Å². The van der Waals surface area contributed by atoms with Gasteiger partial charge in [0.2, 0.25) is 0 Å². The van der Waals surface area contributed by atoms with Gasteiger partial charge in [-0.15, -0.1) is 0 Å². The Morgan fingerprint density at radius 1 is 1.64 bits per heavy atom. The summed E-state index contributed by atoms with van der Waals surface area (Å²) in [6.45, 7) is 1.08. The number of carbonyl (C=O) groups excluding carboxylic acids is 2. The molecular formula is C5H9N3O3. The van der Waals surface area contributed by atoms with E-state index >= 15 is 0 Å². The van der Waals surface area contributed by atoms with Crippen LogP contribution in [0.4, 0.5) is 9.59 Å². The Balaban J connectivity index is 2.04. The van der Waals surface area contributed by atoms with Gasteiger partial charge < -0.3 is 15.8 Å². The van der Waals surface area contributed by atoms with Crippen LogP contribution in [0.3, 0.4) is 0 Å². The molecule has 0 aliphatic carbocycles. The first kappa shape index (κ1) is 7.80. The molecule has 1 unspecified atom stereocenters. The molecule has 62 valence electrons. The molecule has 4 amide bonds. The van der Waals surface area contributed by atoms with Gasteiger partial charge in [0.1, 0.15) is 0 Å². The first-order valence-electron chi connectivity index (χ1n) is 3.14. The number of nitrogens with two attached hydrogens (primary N) is 1. The average molecular weight is 159 g/mol. The van der Waals surface area contributed by atoms with E-state index in [1.807, 2.05) is 5.32 Å². The smallest absolute Gasteiger partial charge is 0.322 e. The van der Waals surface area contributed by atoms with Crippen LogP contribution >= 0.6 is 0 Å². The minimum Gasteiger partial charge on any atom is -0.371 e. The number of hydrogen-bond acceptors (Lipinski definition) is 3. The second-order valence-corrected chi connectivity index (χ2v) is 2.15. The topological polar surface area (TPSA) is 96.8 Å². The van der Waals surface area contributed by atoms with E-state index in [2.05, 4.69) is 11.1 Å². The summed E-state index contributed by atoms with van der Waals surface area (Å²) in [7, 11) is 0. The third kappa shape index (κ3) is 3.41. The molecule has 11 heavy (non-hydrogen) atoms. The number of carbonyl (C=O) groups is 2. The fourth-order valence-corrected chi connectivity index (χ4v) is 0.549. The number of imide groups is 1. The molecule has 1 heterocycles. The Hall–Kier alpha value is -1.30. The standard InChI is InChI=1S/C5H9N3O3/c6-4(9)8-5(10)7-1-3-2-11-3/h3H,1-2H2,(H4,6,7,8,9,10). The molecule has 0 bridgehead atoms. The zero-order chi connectivity index (χ0) is 8.27. The third-order valence-electron chi connectivity index (χ3n) is 1.13. The predicted octanol–water partition coefficient (Wildman–Crippen LogP) is -1.24. The van der Waals surface area contributed by atoms with Crippen LogP contribution in [0.5, 0.6) is 0 Å². The molecule has 6 nitrogen and oxygen atoms in total. The molecule has 1 fully saturated rings. The van der Waals surface area contributed by atoms with Crippen molar-refractivity contribution in [2.45, 2.75) is 6.10 Å². The fraction of sp³-hybridized carbons (Fsp3) is 0.600. The van der Waals surface area contributed by atoms with Crippen LogP contribution in [0.1, 0.15) is 0 Å². The van der Waals surface area contributed by atoms with Crippen molar-refractivity contribution in [3.63, 3.8) is 0 Å². The maximum Gasteiger partial charge on any atom is 0.322 e. The molecule has 0 aromatic heterocycles. The summed E-state index contributed by atoms with van der Waals surface area (Å²) in [5, 5.41) is 4.26. The molecule has 0 radical (unpaired) electrons. The lowest BCUT2D eigenvalue weighted by atomic mass is 10.5. The first-order valence-corrected chi connectivity index (χ1v) is 3.14.